The number of phosphoric ester groups is 1. The minimum absolute atomic E-state index is 0.0706. The minimum Gasteiger partial charge on any atom is -0.463 e. The van der Waals surface area contributed by atoms with E-state index < -0.39 is 26.5 Å². The van der Waals surface area contributed by atoms with Gasteiger partial charge in [0.25, 0.3) is 0 Å². The van der Waals surface area contributed by atoms with Crippen LogP contribution in [0.3, 0.4) is 0 Å². The molecule has 0 heterocycles. The van der Waals surface area contributed by atoms with Crippen molar-refractivity contribution in [1.29, 1.82) is 0 Å². The van der Waals surface area contributed by atoms with Gasteiger partial charge in [-0.2, -0.15) is 0 Å². The summed E-state index contributed by atoms with van der Waals surface area (Å²) in [4.78, 5) is 33.9. The molecule has 0 aliphatic rings. The monoisotopic (exact) mass is 794 g/mol. The Bertz CT molecular complexity index is 1090. The van der Waals surface area contributed by atoms with E-state index in [-0.39, 0.29) is 32.1 Å². The van der Waals surface area contributed by atoms with Crippen LogP contribution < -0.4 is 5.32 Å². The fourth-order valence-corrected chi connectivity index (χ4v) is 6.36. The molecule has 0 fully saturated rings. The Morgan fingerprint density at radius 1 is 0.564 bits per heavy atom. The first-order valence-electron chi connectivity index (χ1n) is 21.8. The molecular formula is C45H80NO8P. The Morgan fingerprint density at radius 3 is 1.55 bits per heavy atom. The van der Waals surface area contributed by atoms with Crippen LogP contribution >= 0.6 is 7.82 Å². The lowest BCUT2D eigenvalue weighted by Crippen LogP contribution is -2.27. The maximum absolute atomic E-state index is 12.1. The number of phosphoric acid groups is 1. The van der Waals surface area contributed by atoms with E-state index in [0.717, 1.165) is 96.3 Å². The zero-order chi connectivity index (χ0) is 40.3. The second kappa shape index (κ2) is 41.3. The molecule has 0 aromatic carbocycles. The molecule has 0 aromatic rings. The second-order valence-electron chi connectivity index (χ2n) is 14.3. The number of nitrogens with one attached hydrogen (secondary N) is 1. The summed E-state index contributed by atoms with van der Waals surface area (Å²) >= 11 is 0. The molecule has 10 heteroatoms. The van der Waals surface area contributed by atoms with Crippen molar-refractivity contribution in [3.8, 4) is 0 Å². The van der Waals surface area contributed by atoms with E-state index in [0.29, 0.717) is 6.42 Å². The topological polar surface area (TPSA) is 131 Å². The predicted octanol–water partition coefficient (Wildman–Crippen LogP) is 12.1. The molecule has 0 rings (SSSR count). The van der Waals surface area contributed by atoms with Crippen molar-refractivity contribution in [3.05, 3.63) is 60.8 Å². The molecule has 9 nitrogen and oxygen atoms in total. The van der Waals surface area contributed by atoms with Crippen LogP contribution in [-0.2, 0) is 27.9 Å². The van der Waals surface area contributed by atoms with Gasteiger partial charge in [-0.05, 0) is 77.0 Å². The number of aliphatic hydroxyl groups excluding tert-OH is 1. The highest BCUT2D eigenvalue weighted by Gasteiger charge is 2.23. The number of carbonyl (C=O) groups excluding carboxylic acids is 2. The summed E-state index contributed by atoms with van der Waals surface area (Å²) in [5, 5.41) is 12.7. The van der Waals surface area contributed by atoms with E-state index in [1.807, 2.05) is 0 Å². The Morgan fingerprint density at radius 2 is 1.02 bits per heavy atom. The van der Waals surface area contributed by atoms with Crippen LogP contribution in [0.4, 0.5) is 0 Å². The Labute approximate surface area is 336 Å². The summed E-state index contributed by atoms with van der Waals surface area (Å²) in [5.41, 5.74) is 0. The van der Waals surface area contributed by atoms with Crippen molar-refractivity contribution >= 4 is 19.7 Å². The molecular weight excluding hydrogens is 713 g/mol. The summed E-state index contributed by atoms with van der Waals surface area (Å²) in [5.74, 6) is -0.542. The average Bonchev–Trinajstić information content (AvgIpc) is 3.17. The number of carbonyl (C=O) groups is 2. The van der Waals surface area contributed by atoms with Crippen LogP contribution in [0.15, 0.2) is 60.8 Å². The molecule has 0 aliphatic carbocycles. The van der Waals surface area contributed by atoms with E-state index in [4.69, 9.17) is 13.8 Å². The van der Waals surface area contributed by atoms with Gasteiger partial charge in [0.1, 0.15) is 12.7 Å². The van der Waals surface area contributed by atoms with Crippen LogP contribution in [0.25, 0.3) is 0 Å². The van der Waals surface area contributed by atoms with Crippen molar-refractivity contribution in [1.82, 2.24) is 5.32 Å². The highest BCUT2D eigenvalue weighted by atomic mass is 31.2. The van der Waals surface area contributed by atoms with Crippen molar-refractivity contribution in [3.63, 3.8) is 0 Å². The highest BCUT2D eigenvalue weighted by Crippen LogP contribution is 2.42. The van der Waals surface area contributed by atoms with Crippen LogP contribution in [0.2, 0.25) is 0 Å². The molecule has 0 saturated heterocycles. The first kappa shape index (κ1) is 52.7. The third-order valence-electron chi connectivity index (χ3n) is 8.90. The number of amides is 1. The summed E-state index contributed by atoms with van der Waals surface area (Å²) in [6, 6.07) is 0. The average molecular weight is 794 g/mol. The van der Waals surface area contributed by atoms with E-state index in [1.165, 1.54) is 57.8 Å². The Hall–Kier alpha value is -2.29. The number of allylic oxidation sites excluding steroid dienone is 10. The van der Waals surface area contributed by atoms with Crippen molar-refractivity contribution in [2.24, 2.45) is 0 Å². The number of esters is 1. The third-order valence-corrected chi connectivity index (χ3v) is 9.89. The van der Waals surface area contributed by atoms with E-state index in [1.54, 1.807) is 0 Å². The lowest BCUT2D eigenvalue weighted by molar-refractivity contribution is -0.147. The van der Waals surface area contributed by atoms with E-state index >= 15 is 0 Å². The number of aliphatic hydroxyl groups is 1. The number of rotatable bonds is 40. The van der Waals surface area contributed by atoms with Crippen LogP contribution in [0, 0.1) is 0 Å². The van der Waals surface area contributed by atoms with Crippen LogP contribution in [-0.4, -0.2) is 54.3 Å². The molecule has 318 valence electrons. The SMILES string of the molecule is CCC/C=C\C/C=C\CCCCCCCC(=O)NCCOP(=O)(O)OCC(O)COC(=O)CCCCCCCCCC/C=C\C/C=C\C/C=C\CCCCC. The molecule has 0 aliphatic heterocycles. The van der Waals surface area contributed by atoms with Gasteiger partial charge in [-0.3, -0.25) is 18.6 Å². The van der Waals surface area contributed by atoms with Gasteiger partial charge in [0.15, 0.2) is 0 Å². The number of unbranched alkanes of at least 4 members (excludes halogenated alkanes) is 17. The van der Waals surface area contributed by atoms with Crippen molar-refractivity contribution < 1.29 is 37.9 Å². The number of hydrogen-bond acceptors (Lipinski definition) is 7. The molecule has 3 N–H and O–H groups in total. The minimum atomic E-state index is -4.42. The molecule has 0 saturated carbocycles. The second-order valence-corrected chi connectivity index (χ2v) is 15.8. The predicted molar refractivity (Wildman–Crippen MR) is 229 cm³/mol. The third kappa shape index (κ3) is 42.7. The standard InChI is InChI=1S/C45H80NO8P/c1-3-5-7-9-11-13-15-17-18-19-20-21-22-23-24-26-28-30-32-34-36-38-45(49)52-41-43(47)42-54-55(50,51)53-40-39-46-44(48)37-35-33-31-29-27-25-16-14-12-10-8-6-4-2/h8,10-11,13-14,16-18,20-21,43,47H,3-7,9,12,15,19,22-42H2,1-2H3,(H,46,48)(H,50,51)/b10-8-,13-11-,16-14-,18-17-,21-20-. The van der Waals surface area contributed by atoms with Crippen molar-refractivity contribution in [2.75, 3.05) is 26.4 Å². The number of ether oxygens (including phenoxy) is 1. The lowest BCUT2D eigenvalue weighted by atomic mass is 10.1. The van der Waals surface area contributed by atoms with Gasteiger partial charge in [0.05, 0.1) is 13.2 Å². The van der Waals surface area contributed by atoms with E-state index in [2.05, 4.69) is 79.9 Å². The maximum Gasteiger partial charge on any atom is 0.472 e. The first-order chi connectivity index (χ1) is 26.8. The summed E-state index contributed by atoms with van der Waals surface area (Å²) in [7, 11) is -4.42. The Balaban J connectivity index is 3.63. The molecule has 0 bridgehead atoms. The lowest BCUT2D eigenvalue weighted by Gasteiger charge is -2.15. The van der Waals surface area contributed by atoms with Gasteiger partial charge in [0.2, 0.25) is 5.91 Å². The fraction of sp³-hybridized carbons (Fsp3) is 0.733. The van der Waals surface area contributed by atoms with Gasteiger partial charge < -0.3 is 20.1 Å². The fourth-order valence-electron chi connectivity index (χ4n) is 5.60. The summed E-state index contributed by atoms with van der Waals surface area (Å²) in [6.07, 6.45) is 48.6. The summed E-state index contributed by atoms with van der Waals surface area (Å²) < 4.78 is 26.8. The first-order valence-corrected chi connectivity index (χ1v) is 23.3. The number of hydrogen-bond donors (Lipinski definition) is 3. The van der Waals surface area contributed by atoms with Crippen molar-refractivity contribution in [2.45, 2.75) is 187 Å². The van der Waals surface area contributed by atoms with Gasteiger partial charge in [-0.15, -0.1) is 0 Å². The van der Waals surface area contributed by atoms with E-state index in [9.17, 15) is 24.2 Å². The van der Waals surface area contributed by atoms with Crippen LogP contribution in [0.5, 0.6) is 0 Å². The molecule has 0 aromatic heterocycles. The van der Waals surface area contributed by atoms with Gasteiger partial charge in [-0.1, -0.05) is 152 Å². The zero-order valence-electron chi connectivity index (χ0n) is 34.9. The largest absolute Gasteiger partial charge is 0.472 e. The Kier molecular flexibility index (Phi) is 39.6. The quantitative estimate of drug-likeness (QED) is 0.0242. The van der Waals surface area contributed by atoms with Gasteiger partial charge >= 0.3 is 13.8 Å². The molecule has 2 atom stereocenters. The molecule has 55 heavy (non-hydrogen) atoms. The smallest absolute Gasteiger partial charge is 0.463 e. The normalized spacial score (nSPS) is 13.9. The molecule has 1 amide bonds. The molecule has 0 radical (unpaired) electrons. The molecule has 2 unspecified atom stereocenters. The zero-order valence-corrected chi connectivity index (χ0v) is 35.7. The van der Waals surface area contributed by atoms with Gasteiger partial charge in [-0.25, -0.2) is 4.57 Å². The summed E-state index contributed by atoms with van der Waals surface area (Å²) in [6.45, 7) is 3.43. The van der Waals surface area contributed by atoms with Gasteiger partial charge in [0, 0.05) is 19.4 Å². The van der Waals surface area contributed by atoms with Crippen LogP contribution in [0.1, 0.15) is 181 Å². The highest BCUT2D eigenvalue weighted by molar-refractivity contribution is 7.47. The molecule has 0 spiro atoms. The maximum atomic E-state index is 12.1.